The topological polar surface area (TPSA) is 84.9 Å². The molecule has 1 aromatic rings. The molecule has 0 unspecified atom stereocenters. The van der Waals surface area contributed by atoms with Gasteiger partial charge in [0.25, 0.3) is 0 Å². The van der Waals surface area contributed by atoms with Gasteiger partial charge in [-0.15, -0.1) is 0 Å². The van der Waals surface area contributed by atoms with Gasteiger partial charge in [-0.3, -0.25) is 0 Å². The highest BCUT2D eigenvalue weighted by molar-refractivity contribution is 9.10. The molecule has 0 fully saturated rings. The Kier molecular flexibility index (Phi) is 5.60. The molecule has 0 amide bonds. The van der Waals surface area contributed by atoms with E-state index in [-0.39, 0.29) is 11.4 Å². The summed E-state index contributed by atoms with van der Waals surface area (Å²) in [5, 5.41) is 9.13. The molecule has 1 atom stereocenters. The normalized spacial score (nSPS) is 13.1. The van der Waals surface area contributed by atoms with Crippen LogP contribution in [0.4, 0.5) is 0 Å². The lowest BCUT2D eigenvalue weighted by atomic mass is 10.3. The van der Waals surface area contributed by atoms with Crippen LogP contribution in [0.15, 0.2) is 21.5 Å². The van der Waals surface area contributed by atoms with Crippen molar-refractivity contribution < 1.29 is 23.0 Å². The highest BCUT2D eigenvalue weighted by atomic mass is 79.9. The molecule has 0 aromatic heterocycles. The van der Waals surface area contributed by atoms with Crippen LogP contribution in [-0.2, 0) is 10.0 Å². The minimum Gasteiger partial charge on any atom is -0.493 e. The van der Waals surface area contributed by atoms with Gasteiger partial charge >= 0.3 is 0 Å². The Labute approximate surface area is 120 Å². The van der Waals surface area contributed by atoms with Crippen LogP contribution >= 0.6 is 15.9 Å². The van der Waals surface area contributed by atoms with E-state index >= 15 is 0 Å². The smallest absolute Gasteiger partial charge is 0.241 e. The minimum absolute atomic E-state index is 0.0193. The van der Waals surface area contributed by atoms with Gasteiger partial charge in [-0.05, 0) is 28.9 Å². The number of methoxy groups -OCH3 is 2. The van der Waals surface area contributed by atoms with E-state index in [1.54, 1.807) is 0 Å². The summed E-state index contributed by atoms with van der Waals surface area (Å²) in [4.78, 5) is 0.0193. The van der Waals surface area contributed by atoms with Gasteiger partial charge in [-0.2, -0.15) is 0 Å². The number of hydrogen-bond donors (Lipinski definition) is 2. The predicted octanol–water partition coefficient (Wildman–Crippen LogP) is 1.13. The number of ether oxygens (including phenoxy) is 2. The summed E-state index contributed by atoms with van der Waals surface area (Å²) in [6, 6.07) is 2.86. The van der Waals surface area contributed by atoms with E-state index < -0.39 is 16.1 Å². The molecule has 19 heavy (non-hydrogen) atoms. The molecule has 1 rings (SSSR count). The third-order valence-electron chi connectivity index (χ3n) is 2.30. The molecule has 0 saturated heterocycles. The van der Waals surface area contributed by atoms with Crippen molar-refractivity contribution >= 4 is 26.0 Å². The minimum atomic E-state index is -3.74. The van der Waals surface area contributed by atoms with Crippen LogP contribution < -0.4 is 14.2 Å². The summed E-state index contributed by atoms with van der Waals surface area (Å²) in [6.45, 7) is 1.43. The summed E-state index contributed by atoms with van der Waals surface area (Å²) in [7, 11) is -0.852. The zero-order chi connectivity index (χ0) is 14.6. The number of hydrogen-bond acceptors (Lipinski definition) is 5. The lowest BCUT2D eigenvalue weighted by Crippen LogP contribution is -2.30. The molecule has 2 N–H and O–H groups in total. The van der Waals surface area contributed by atoms with E-state index in [1.165, 1.54) is 33.3 Å². The number of nitrogens with one attached hydrogen (secondary N) is 1. The van der Waals surface area contributed by atoms with Gasteiger partial charge in [0.2, 0.25) is 10.0 Å². The van der Waals surface area contributed by atoms with Crippen molar-refractivity contribution in [2.75, 3.05) is 20.8 Å². The van der Waals surface area contributed by atoms with Crippen molar-refractivity contribution in [3.8, 4) is 11.5 Å². The first-order valence-corrected chi connectivity index (χ1v) is 7.68. The van der Waals surface area contributed by atoms with Gasteiger partial charge < -0.3 is 14.6 Å². The molecule has 8 heteroatoms. The zero-order valence-electron chi connectivity index (χ0n) is 10.8. The first-order chi connectivity index (χ1) is 8.81. The van der Waals surface area contributed by atoms with E-state index in [9.17, 15) is 8.42 Å². The average Bonchev–Trinajstić information content (AvgIpc) is 2.35. The van der Waals surface area contributed by atoms with Gasteiger partial charge in [-0.25, -0.2) is 13.1 Å². The Bertz CT molecular complexity index is 544. The zero-order valence-corrected chi connectivity index (χ0v) is 13.2. The third kappa shape index (κ3) is 4.07. The summed E-state index contributed by atoms with van der Waals surface area (Å²) in [5.74, 6) is 0.729. The average molecular weight is 354 g/mol. The lowest BCUT2D eigenvalue weighted by molar-refractivity contribution is 0.198. The molecule has 1 aromatic carbocycles. The highest BCUT2D eigenvalue weighted by Crippen LogP contribution is 2.35. The molecular formula is C11H16BrNO5S. The summed E-state index contributed by atoms with van der Waals surface area (Å²) in [6.07, 6.45) is -0.770. The number of halogens is 1. The van der Waals surface area contributed by atoms with Crippen molar-refractivity contribution in [2.45, 2.75) is 17.9 Å². The molecule has 0 bridgehead atoms. The molecule has 0 spiro atoms. The predicted molar refractivity (Wildman–Crippen MR) is 74.1 cm³/mol. The van der Waals surface area contributed by atoms with Crippen LogP contribution in [-0.4, -0.2) is 40.4 Å². The monoisotopic (exact) mass is 353 g/mol. The number of sulfonamides is 1. The highest BCUT2D eigenvalue weighted by Gasteiger charge is 2.21. The number of benzene rings is 1. The van der Waals surface area contributed by atoms with Crippen LogP contribution in [0.25, 0.3) is 0 Å². The van der Waals surface area contributed by atoms with E-state index in [1.807, 2.05) is 0 Å². The molecule has 0 aliphatic rings. The van der Waals surface area contributed by atoms with Gasteiger partial charge in [-0.1, -0.05) is 0 Å². The fraction of sp³-hybridized carbons (Fsp3) is 0.455. The molecular weight excluding hydrogens is 338 g/mol. The van der Waals surface area contributed by atoms with E-state index in [4.69, 9.17) is 14.6 Å². The maximum atomic E-state index is 12.1. The van der Waals surface area contributed by atoms with Crippen molar-refractivity contribution in [1.29, 1.82) is 0 Å². The Morgan fingerprint density at radius 1 is 1.32 bits per heavy atom. The molecule has 0 aliphatic heterocycles. The fourth-order valence-electron chi connectivity index (χ4n) is 1.35. The molecule has 0 aliphatic carbocycles. The Hall–Kier alpha value is -0.830. The van der Waals surface area contributed by atoms with Gasteiger partial charge in [0.15, 0.2) is 11.5 Å². The number of aliphatic hydroxyl groups excluding tert-OH is 1. The van der Waals surface area contributed by atoms with Crippen LogP contribution in [0.1, 0.15) is 6.92 Å². The van der Waals surface area contributed by atoms with Gasteiger partial charge in [0, 0.05) is 17.1 Å². The second-order valence-corrected chi connectivity index (χ2v) is 6.43. The summed E-state index contributed by atoms with van der Waals surface area (Å²) < 4.78 is 36.9. The first-order valence-electron chi connectivity index (χ1n) is 5.41. The fourth-order valence-corrected chi connectivity index (χ4v) is 3.51. The van der Waals surface area contributed by atoms with Gasteiger partial charge in [0.1, 0.15) is 4.90 Å². The van der Waals surface area contributed by atoms with Crippen molar-refractivity contribution in [1.82, 2.24) is 4.72 Å². The summed E-state index contributed by atoms with van der Waals surface area (Å²) >= 11 is 3.18. The van der Waals surface area contributed by atoms with E-state index in [0.717, 1.165) is 0 Å². The SMILES string of the molecule is COc1cc(Br)c(S(=O)(=O)NC[C@@H](C)O)cc1OC. The van der Waals surface area contributed by atoms with Crippen molar-refractivity contribution in [2.24, 2.45) is 0 Å². The van der Waals surface area contributed by atoms with Crippen molar-refractivity contribution in [3.63, 3.8) is 0 Å². The number of rotatable bonds is 6. The molecule has 6 nitrogen and oxygen atoms in total. The van der Waals surface area contributed by atoms with Crippen LogP contribution in [0.5, 0.6) is 11.5 Å². The molecule has 0 saturated carbocycles. The second kappa shape index (κ2) is 6.56. The molecule has 108 valence electrons. The Morgan fingerprint density at radius 2 is 1.84 bits per heavy atom. The third-order valence-corrected chi connectivity index (χ3v) is 4.68. The standard InChI is InChI=1S/C11H16BrNO5S/c1-7(14)6-13-19(15,16)11-5-10(18-3)9(17-2)4-8(11)12/h4-5,7,13-14H,6H2,1-3H3/t7-/m1/s1. The Balaban J connectivity index is 3.19. The van der Waals surface area contributed by atoms with Crippen LogP contribution in [0.2, 0.25) is 0 Å². The molecule has 0 radical (unpaired) electrons. The van der Waals surface area contributed by atoms with Crippen LogP contribution in [0, 0.1) is 0 Å². The largest absolute Gasteiger partial charge is 0.493 e. The van der Waals surface area contributed by atoms with E-state index in [2.05, 4.69) is 20.7 Å². The summed E-state index contributed by atoms with van der Waals surface area (Å²) in [5.41, 5.74) is 0. The van der Waals surface area contributed by atoms with Crippen molar-refractivity contribution in [3.05, 3.63) is 16.6 Å². The lowest BCUT2D eigenvalue weighted by Gasteiger charge is -2.13. The first kappa shape index (κ1) is 16.2. The Morgan fingerprint density at radius 3 is 2.32 bits per heavy atom. The van der Waals surface area contributed by atoms with Crippen LogP contribution in [0.3, 0.4) is 0 Å². The number of aliphatic hydroxyl groups is 1. The maximum Gasteiger partial charge on any atom is 0.241 e. The quantitative estimate of drug-likeness (QED) is 0.800. The maximum absolute atomic E-state index is 12.1. The van der Waals surface area contributed by atoms with E-state index in [0.29, 0.717) is 16.0 Å². The van der Waals surface area contributed by atoms with Gasteiger partial charge in [0.05, 0.1) is 20.3 Å². The molecule has 0 heterocycles. The second-order valence-electron chi connectivity index (χ2n) is 3.84.